The van der Waals surface area contributed by atoms with E-state index in [2.05, 4.69) is 21.7 Å². The molecule has 3 rings (SSSR count). The summed E-state index contributed by atoms with van der Waals surface area (Å²) < 4.78 is 5.52. The smallest absolute Gasteiger partial charge is 0.270 e. The number of rotatable bonds is 8. The van der Waals surface area contributed by atoms with Crippen LogP contribution in [0.5, 0.6) is 0 Å². The highest BCUT2D eigenvalue weighted by molar-refractivity contribution is 5.61. The van der Waals surface area contributed by atoms with E-state index >= 15 is 0 Å². The van der Waals surface area contributed by atoms with Crippen LogP contribution in [0.2, 0.25) is 0 Å². The lowest BCUT2D eigenvalue weighted by Gasteiger charge is -2.41. The number of nitro benzene ring substituents is 1. The van der Waals surface area contributed by atoms with Gasteiger partial charge in [-0.25, -0.2) is 9.97 Å². The predicted molar refractivity (Wildman–Crippen MR) is 113 cm³/mol. The van der Waals surface area contributed by atoms with Gasteiger partial charge in [-0.05, 0) is 20.3 Å². The van der Waals surface area contributed by atoms with Crippen molar-refractivity contribution >= 4 is 11.5 Å². The third-order valence-corrected chi connectivity index (χ3v) is 5.28. The molecule has 1 atom stereocenters. The van der Waals surface area contributed by atoms with E-state index in [1.807, 2.05) is 26.0 Å². The standard InChI is InChI=1S/C21H29N5O3/c1-4-18-15-25(10-9-24(18)11-12-29-5-2)20-13-16(3)22-21(23-20)17-7-6-8-19(14-17)26(27)28/h6-8,13-14,18H,4-5,9-12,15H2,1-3H3. The van der Waals surface area contributed by atoms with Crippen molar-refractivity contribution in [1.29, 1.82) is 0 Å². The van der Waals surface area contributed by atoms with Crippen LogP contribution >= 0.6 is 0 Å². The highest BCUT2D eigenvalue weighted by atomic mass is 16.6. The summed E-state index contributed by atoms with van der Waals surface area (Å²) in [6, 6.07) is 8.92. The van der Waals surface area contributed by atoms with Gasteiger partial charge in [0.05, 0.1) is 11.5 Å². The minimum atomic E-state index is -0.395. The maximum atomic E-state index is 11.1. The Labute approximate surface area is 171 Å². The molecule has 0 N–H and O–H groups in total. The normalized spacial score (nSPS) is 17.5. The summed E-state index contributed by atoms with van der Waals surface area (Å²) in [4.78, 5) is 24.8. The Morgan fingerprint density at radius 1 is 1.24 bits per heavy atom. The molecule has 1 saturated heterocycles. The van der Waals surface area contributed by atoms with Gasteiger partial charge in [-0.2, -0.15) is 0 Å². The van der Waals surface area contributed by atoms with E-state index in [-0.39, 0.29) is 5.69 Å². The van der Waals surface area contributed by atoms with Crippen molar-refractivity contribution in [2.24, 2.45) is 0 Å². The first kappa shape index (κ1) is 21.1. The molecule has 2 aromatic rings. The lowest BCUT2D eigenvalue weighted by Crippen LogP contribution is -2.54. The Hall–Kier alpha value is -2.58. The van der Waals surface area contributed by atoms with E-state index in [0.717, 1.165) is 57.3 Å². The van der Waals surface area contributed by atoms with Crippen molar-refractivity contribution in [2.75, 3.05) is 44.3 Å². The molecule has 1 unspecified atom stereocenters. The quantitative estimate of drug-likeness (QED) is 0.382. The van der Waals surface area contributed by atoms with Gasteiger partial charge in [-0.15, -0.1) is 0 Å². The summed E-state index contributed by atoms with van der Waals surface area (Å²) in [6.45, 7) is 11.4. The summed E-state index contributed by atoms with van der Waals surface area (Å²) in [5.74, 6) is 1.40. The first-order chi connectivity index (χ1) is 14.0. The highest BCUT2D eigenvalue weighted by Gasteiger charge is 2.26. The molecule has 2 heterocycles. The molecule has 1 aliphatic rings. The fourth-order valence-corrected chi connectivity index (χ4v) is 3.71. The van der Waals surface area contributed by atoms with Gasteiger partial charge in [0, 0.05) is 68.3 Å². The third-order valence-electron chi connectivity index (χ3n) is 5.28. The average Bonchev–Trinajstić information content (AvgIpc) is 2.73. The number of non-ortho nitro benzene ring substituents is 1. The second-order valence-corrected chi connectivity index (χ2v) is 7.24. The number of hydrogen-bond donors (Lipinski definition) is 0. The van der Waals surface area contributed by atoms with E-state index in [9.17, 15) is 10.1 Å². The van der Waals surface area contributed by atoms with Gasteiger partial charge in [-0.3, -0.25) is 15.0 Å². The van der Waals surface area contributed by atoms with Gasteiger partial charge in [0.1, 0.15) is 5.82 Å². The highest BCUT2D eigenvalue weighted by Crippen LogP contribution is 2.25. The number of aryl methyl sites for hydroxylation is 1. The van der Waals surface area contributed by atoms with Crippen LogP contribution in [0.25, 0.3) is 11.4 Å². The molecule has 0 aliphatic carbocycles. The van der Waals surface area contributed by atoms with Crippen LogP contribution in [0, 0.1) is 17.0 Å². The molecule has 1 aromatic heterocycles. The van der Waals surface area contributed by atoms with Gasteiger partial charge in [0.2, 0.25) is 0 Å². The Balaban J connectivity index is 1.79. The average molecular weight is 399 g/mol. The maximum Gasteiger partial charge on any atom is 0.270 e. The van der Waals surface area contributed by atoms with Crippen LogP contribution in [0.3, 0.4) is 0 Å². The zero-order chi connectivity index (χ0) is 20.8. The van der Waals surface area contributed by atoms with Crippen molar-refractivity contribution in [3.63, 3.8) is 0 Å². The maximum absolute atomic E-state index is 11.1. The Kier molecular flexibility index (Phi) is 7.11. The van der Waals surface area contributed by atoms with E-state index in [1.165, 1.54) is 12.1 Å². The first-order valence-electron chi connectivity index (χ1n) is 10.2. The molecule has 0 amide bonds. The summed E-state index contributed by atoms with van der Waals surface area (Å²) >= 11 is 0. The van der Waals surface area contributed by atoms with Crippen molar-refractivity contribution in [3.8, 4) is 11.4 Å². The van der Waals surface area contributed by atoms with Crippen molar-refractivity contribution in [2.45, 2.75) is 33.2 Å². The van der Waals surface area contributed by atoms with Crippen molar-refractivity contribution in [1.82, 2.24) is 14.9 Å². The zero-order valence-corrected chi connectivity index (χ0v) is 17.4. The lowest BCUT2D eigenvalue weighted by molar-refractivity contribution is -0.384. The molecule has 1 fully saturated rings. The number of anilines is 1. The molecule has 8 heteroatoms. The summed E-state index contributed by atoms with van der Waals surface area (Å²) in [5, 5.41) is 11.1. The van der Waals surface area contributed by atoms with Crippen LogP contribution in [0.1, 0.15) is 26.0 Å². The minimum absolute atomic E-state index is 0.0446. The molecule has 29 heavy (non-hydrogen) atoms. The monoisotopic (exact) mass is 399 g/mol. The summed E-state index contributed by atoms with van der Waals surface area (Å²) in [7, 11) is 0. The second kappa shape index (κ2) is 9.76. The molecule has 0 spiro atoms. The van der Waals surface area contributed by atoms with Gasteiger partial charge in [0.15, 0.2) is 5.82 Å². The lowest BCUT2D eigenvalue weighted by atomic mass is 10.1. The fourth-order valence-electron chi connectivity index (χ4n) is 3.71. The number of piperazine rings is 1. The number of nitrogens with zero attached hydrogens (tertiary/aromatic N) is 5. The zero-order valence-electron chi connectivity index (χ0n) is 17.4. The van der Waals surface area contributed by atoms with Crippen molar-refractivity contribution < 1.29 is 9.66 Å². The predicted octanol–water partition coefficient (Wildman–Crippen LogP) is 3.30. The molecule has 1 aliphatic heterocycles. The Morgan fingerprint density at radius 3 is 2.79 bits per heavy atom. The number of nitro groups is 1. The van der Waals surface area contributed by atoms with Gasteiger partial charge in [0.25, 0.3) is 5.69 Å². The van der Waals surface area contributed by atoms with Gasteiger partial charge < -0.3 is 9.64 Å². The molecule has 1 aromatic carbocycles. The molecule has 8 nitrogen and oxygen atoms in total. The number of hydrogen-bond acceptors (Lipinski definition) is 7. The number of benzene rings is 1. The van der Waals surface area contributed by atoms with E-state index in [4.69, 9.17) is 9.72 Å². The Morgan fingerprint density at radius 2 is 2.07 bits per heavy atom. The first-order valence-corrected chi connectivity index (χ1v) is 10.2. The van der Waals surface area contributed by atoms with Crippen LogP contribution in [0.15, 0.2) is 30.3 Å². The molecule has 0 bridgehead atoms. The third kappa shape index (κ3) is 5.27. The van der Waals surface area contributed by atoms with Crippen LogP contribution in [0.4, 0.5) is 11.5 Å². The molecular formula is C21H29N5O3. The summed E-state index contributed by atoms with van der Waals surface area (Å²) in [5.41, 5.74) is 1.55. The number of aromatic nitrogens is 2. The van der Waals surface area contributed by atoms with Crippen LogP contribution in [-0.2, 0) is 4.74 Å². The molecular weight excluding hydrogens is 370 g/mol. The van der Waals surface area contributed by atoms with Gasteiger partial charge in [-0.1, -0.05) is 19.1 Å². The van der Waals surface area contributed by atoms with Gasteiger partial charge >= 0.3 is 0 Å². The van der Waals surface area contributed by atoms with E-state index in [1.54, 1.807) is 6.07 Å². The molecule has 0 radical (unpaired) electrons. The van der Waals surface area contributed by atoms with Crippen LogP contribution < -0.4 is 4.90 Å². The van der Waals surface area contributed by atoms with Crippen LogP contribution in [-0.4, -0.2) is 65.2 Å². The minimum Gasteiger partial charge on any atom is -0.380 e. The Bertz CT molecular complexity index is 845. The number of ether oxygens (including phenoxy) is 1. The largest absolute Gasteiger partial charge is 0.380 e. The molecule has 156 valence electrons. The molecule has 0 saturated carbocycles. The van der Waals surface area contributed by atoms with E-state index < -0.39 is 4.92 Å². The topological polar surface area (TPSA) is 84.6 Å². The van der Waals surface area contributed by atoms with E-state index in [0.29, 0.717) is 17.4 Å². The van der Waals surface area contributed by atoms with Crippen molar-refractivity contribution in [3.05, 3.63) is 46.1 Å². The SMILES string of the molecule is CCOCCN1CCN(c2cc(C)nc(-c3cccc([N+](=O)[O-])c3)n2)CC1CC. The second-order valence-electron chi connectivity index (χ2n) is 7.24. The summed E-state index contributed by atoms with van der Waals surface area (Å²) in [6.07, 6.45) is 1.06. The fraction of sp³-hybridized carbons (Fsp3) is 0.524.